The van der Waals surface area contributed by atoms with Crippen LogP contribution in [0.4, 0.5) is 22.0 Å². The molecule has 0 bridgehead atoms. The Hall–Kier alpha value is -5.72. The molecular formula is C28H24FN11O. The SMILES string of the molecule is CNc1nccc(-c2cc3cc(C(=O)NC(CN(c4ccc(F)cc4)c4ncccn4)c4ncn[nH]4)ccc3[nH]2)n1. The van der Waals surface area contributed by atoms with Crippen molar-refractivity contribution in [2.45, 2.75) is 6.04 Å². The van der Waals surface area contributed by atoms with Crippen LogP contribution in [0.25, 0.3) is 22.3 Å². The molecule has 0 spiro atoms. The second-order valence-electron chi connectivity index (χ2n) is 9.03. The summed E-state index contributed by atoms with van der Waals surface area (Å²) in [7, 11) is 1.76. The average Bonchev–Trinajstić information content (AvgIpc) is 3.71. The molecule has 12 nitrogen and oxygen atoms in total. The van der Waals surface area contributed by atoms with E-state index >= 15 is 0 Å². The smallest absolute Gasteiger partial charge is 0.251 e. The Kier molecular flexibility index (Phi) is 6.97. The van der Waals surface area contributed by atoms with E-state index in [1.165, 1.54) is 18.5 Å². The highest BCUT2D eigenvalue weighted by Gasteiger charge is 2.24. The van der Waals surface area contributed by atoms with Crippen molar-refractivity contribution in [2.24, 2.45) is 0 Å². The van der Waals surface area contributed by atoms with Crippen molar-refractivity contribution in [3.8, 4) is 11.4 Å². The van der Waals surface area contributed by atoms with E-state index in [2.05, 4.69) is 50.7 Å². The molecule has 0 aliphatic rings. The fraction of sp³-hybridized carbons (Fsp3) is 0.107. The number of halogens is 1. The van der Waals surface area contributed by atoms with E-state index in [9.17, 15) is 9.18 Å². The van der Waals surface area contributed by atoms with Crippen molar-refractivity contribution in [2.75, 3.05) is 23.8 Å². The Labute approximate surface area is 233 Å². The van der Waals surface area contributed by atoms with Crippen molar-refractivity contribution in [3.63, 3.8) is 0 Å². The Bertz CT molecular complexity index is 1770. The lowest BCUT2D eigenvalue weighted by Gasteiger charge is -2.27. The molecule has 4 heterocycles. The van der Waals surface area contributed by atoms with Crippen LogP contribution in [-0.2, 0) is 0 Å². The van der Waals surface area contributed by atoms with Gasteiger partial charge in [-0.15, -0.1) is 0 Å². The number of anilines is 3. The van der Waals surface area contributed by atoms with Gasteiger partial charge in [-0.05, 0) is 60.7 Å². The first-order valence-electron chi connectivity index (χ1n) is 12.7. The van der Waals surface area contributed by atoms with Gasteiger partial charge >= 0.3 is 0 Å². The molecule has 13 heteroatoms. The van der Waals surface area contributed by atoms with Crippen LogP contribution >= 0.6 is 0 Å². The van der Waals surface area contributed by atoms with E-state index in [-0.39, 0.29) is 18.3 Å². The quantitative estimate of drug-likeness (QED) is 0.209. The summed E-state index contributed by atoms with van der Waals surface area (Å²) in [6.07, 6.45) is 6.28. The molecule has 0 aliphatic carbocycles. The first-order valence-corrected chi connectivity index (χ1v) is 12.7. The van der Waals surface area contributed by atoms with Crippen LogP contribution in [-0.4, -0.2) is 59.6 Å². The van der Waals surface area contributed by atoms with Gasteiger partial charge in [-0.3, -0.25) is 9.89 Å². The van der Waals surface area contributed by atoms with Gasteiger partial charge in [-0.2, -0.15) is 5.10 Å². The average molecular weight is 550 g/mol. The van der Waals surface area contributed by atoms with Crippen LogP contribution in [0.2, 0.25) is 0 Å². The van der Waals surface area contributed by atoms with E-state index in [0.717, 1.165) is 22.3 Å². The minimum atomic E-state index is -0.641. The van der Waals surface area contributed by atoms with Crippen LogP contribution < -0.4 is 15.5 Å². The third-order valence-corrected chi connectivity index (χ3v) is 6.40. The third-order valence-electron chi connectivity index (χ3n) is 6.40. The summed E-state index contributed by atoms with van der Waals surface area (Å²) in [4.78, 5) is 40.3. The van der Waals surface area contributed by atoms with Crippen molar-refractivity contribution >= 4 is 34.4 Å². The minimum Gasteiger partial charge on any atom is -0.357 e. The standard InChI is InChI=1S/C28H24FN11O/c1-30-27-31-12-9-22(38-27)23-14-18-13-17(3-8-21(18)36-23)26(41)37-24(25-34-16-35-39-25)15-40(28-32-10-2-11-33-28)20-6-4-19(29)5-7-20/h2-14,16,24,36H,15H2,1H3,(H,37,41)(H,30,31,38)(H,34,35,39). The molecular weight excluding hydrogens is 525 g/mol. The topological polar surface area (TPSA) is 153 Å². The van der Waals surface area contributed by atoms with Gasteiger partial charge in [0, 0.05) is 47.8 Å². The first kappa shape index (κ1) is 25.6. The van der Waals surface area contributed by atoms with E-state index in [4.69, 9.17) is 0 Å². The van der Waals surface area contributed by atoms with Crippen molar-refractivity contribution in [3.05, 3.63) is 103 Å². The number of fused-ring (bicyclic) bond motifs is 1. The first-order chi connectivity index (χ1) is 20.1. The fourth-order valence-electron chi connectivity index (χ4n) is 4.40. The summed E-state index contributed by atoms with van der Waals surface area (Å²) in [5, 5.41) is 13.6. The fourth-order valence-corrected chi connectivity index (χ4v) is 4.40. The number of H-pyrrole nitrogens is 2. The third kappa shape index (κ3) is 5.54. The predicted molar refractivity (Wildman–Crippen MR) is 151 cm³/mol. The van der Waals surface area contributed by atoms with Crippen LogP contribution in [0.3, 0.4) is 0 Å². The number of carbonyl (C=O) groups excluding carboxylic acids is 1. The second-order valence-corrected chi connectivity index (χ2v) is 9.03. The highest BCUT2D eigenvalue weighted by molar-refractivity contribution is 5.99. The van der Waals surface area contributed by atoms with Crippen LogP contribution in [0, 0.1) is 5.82 Å². The number of nitrogens with one attached hydrogen (secondary N) is 4. The maximum absolute atomic E-state index is 13.7. The number of hydrogen-bond acceptors (Lipinski definition) is 9. The highest BCUT2D eigenvalue weighted by Crippen LogP contribution is 2.27. The molecule has 4 aromatic heterocycles. The molecule has 1 amide bonds. The molecule has 204 valence electrons. The Morgan fingerprint density at radius 1 is 1.00 bits per heavy atom. The van der Waals surface area contributed by atoms with E-state index < -0.39 is 6.04 Å². The summed E-state index contributed by atoms with van der Waals surface area (Å²) >= 11 is 0. The van der Waals surface area contributed by atoms with Gasteiger partial charge < -0.3 is 20.5 Å². The lowest BCUT2D eigenvalue weighted by atomic mass is 10.1. The van der Waals surface area contributed by atoms with Crippen molar-refractivity contribution in [1.29, 1.82) is 0 Å². The lowest BCUT2D eigenvalue weighted by Crippen LogP contribution is -2.37. The number of rotatable bonds is 9. The van der Waals surface area contributed by atoms with Gasteiger partial charge in [-0.25, -0.2) is 29.3 Å². The lowest BCUT2D eigenvalue weighted by molar-refractivity contribution is 0.0936. The number of hydrogen-bond donors (Lipinski definition) is 4. The summed E-state index contributed by atoms with van der Waals surface area (Å²) < 4.78 is 13.7. The van der Waals surface area contributed by atoms with Gasteiger partial charge in [0.05, 0.1) is 17.9 Å². The number of aromatic amines is 2. The second kappa shape index (κ2) is 11.2. The zero-order chi connectivity index (χ0) is 28.2. The number of carbonyl (C=O) groups is 1. The summed E-state index contributed by atoms with van der Waals surface area (Å²) in [6, 6.07) is 16.2. The molecule has 0 saturated heterocycles. The van der Waals surface area contributed by atoms with Gasteiger partial charge in [0.2, 0.25) is 11.9 Å². The predicted octanol–water partition coefficient (Wildman–Crippen LogP) is 4.02. The van der Waals surface area contributed by atoms with Gasteiger partial charge in [0.1, 0.15) is 24.0 Å². The van der Waals surface area contributed by atoms with Crippen LogP contribution in [0.5, 0.6) is 0 Å². The molecule has 4 N–H and O–H groups in total. The molecule has 1 unspecified atom stereocenters. The molecule has 6 rings (SSSR count). The maximum atomic E-state index is 13.7. The van der Waals surface area contributed by atoms with E-state index in [0.29, 0.717) is 29.0 Å². The molecule has 2 aromatic carbocycles. The molecule has 0 fully saturated rings. The monoisotopic (exact) mass is 549 g/mol. The Balaban J connectivity index is 1.29. The molecule has 0 radical (unpaired) electrons. The van der Waals surface area contributed by atoms with E-state index in [1.807, 2.05) is 18.2 Å². The zero-order valence-electron chi connectivity index (χ0n) is 21.8. The number of aromatic nitrogens is 8. The largest absolute Gasteiger partial charge is 0.357 e. The zero-order valence-corrected chi connectivity index (χ0v) is 21.8. The summed E-state index contributed by atoms with van der Waals surface area (Å²) in [5.41, 5.74) is 3.48. The molecule has 1 atom stereocenters. The van der Waals surface area contributed by atoms with Gasteiger partial charge in [0.25, 0.3) is 5.91 Å². The van der Waals surface area contributed by atoms with Gasteiger partial charge in [0.15, 0.2) is 0 Å². The summed E-state index contributed by atoms with van der Waals surface area (Å²) in [5.74, 6) is 0.646. The normalized spacial score (nSPS) is 11.8. The van der Waals surface area contributed by atoms with Crippen molar-refractivity contribution in [1.82, 2.24) is 45.4 Å². The van der Waals surface area contributed by atoms with Crippen molar-refractivity contribution < 1.29 is 9.18 Å². The van der Waals surface area contributed by atoms with Crippen LogP contribution in [0.15, 0.2) is 85.6 Å². The molecule has 6 aromatic rings. The number of nitrogens with zero attached hydrogens (tertiary/aromatic N) is 7. The Morgan fingerprint density at radius 3 is 2.59 bits per heavy atom. The van der Waals surface area contributed by atoms with Gasteiger partial charge in [-0.1, -0.05) is 0 Å². The Morgan fingerprint density at radius 2 is 1.83 bits per heavy atom. The number of amides is 1. The maximum Gasteiger partial charge on any atom is 0.251 e. The highest BCUT2D eigenvalue weighted by atomic mass is 19.1. The molecule has 0 saturated carbocycles. The van der Waals surface area contributed by atoms with Crippen LogP contribution in [0.1, 0.15) is 22.2 Å². The molecule has 41 heavy (non-hydrogen) atoms. The minimum absolute atomic E-state index is 0.189. The molecule has 0 aliphatic heterocycles. The number of benzene rings is 2. The summed E-state index contributed by atoms with van der Waals surface area (Å²) in [6.45, 7) is 0.189. The van der Waals surface area contributed by atoms with E-state index in [1.54, 1.807) is 60.9 Å².